The summed E-state index contributed by atoms with van der Waals surface area (Å²) in [5.74, 6) is 0.614. The Kier molecular flexibility index (Phi) is 5.84. The molecule has 0 spiro atoms. The number of nitrogens with one attached hydrogen (secondary N) is 1. The minimum atomic E-state index is -0.481. The Labute approximate surface area is 125 Å². The molecule has 1 aromatic carbocycles. The molecule has 0 aliphatic carbocycles. The van der Waals surface area contributed by atoms with Crippen molar-refractivity contribution >= 4 is 11.6 Å². The van der Waals surface area contributed by atoms with E-state index < -0.39 is 5.54 Å². The largest absolute Gasteiger partial charge is 0.493 e. The number of hydrogen-bond donors (Lipinski definition) is 3. The quantitative estimate of drug-likeness (QED) is 0.664. The van der Waals surface area contributed by atoms with E-state index in [1.165, 1.54) is 14.2 Å². The summed E-state index contributed by atoms with van der Waals surface area (Å²) in [6.45, 7) is 3.85. The zero-order valence-electron chi connectivity index (χ0n) is 13.0. The molecule has 1 atom stereocenters. The number of methoxy groups -OCH3 is 2. The normalized spacial score (nSPS) is 13.4. The van der Waals surface area contributed by atoms with Crippen LogP contribution in [-0.2, 0) is 0 Å². The molecule has 1 aromatic rings. The number of ether oxygens (including phenoxy) is 2. The second kappa shape index (κ2) is 7.17. The lowest BCUT2D eigenvalue weighted by atomic mass is 9.94. The zero-order valence-corrected chi connectivity index (χ0v) is 13.0. The fourth-order valence-corrected chi connectivity index (χ4v) is 2.01. The molecule has 0 aliphatic heterocycles. The van der Waals surface area contributed by atoms with Crippen LogP contribution in [-0.4, -0.2) is 37.4 Å². The molecule has 21 heavy (non-hydrogen) atoms. The second-order valence-electron chi connectivity index (χ2n) is 5.14. The third kappa shape index (κ3) is 4.01. The Morgan fingerprint density at radius 2 is 1.90 bits per heavy atom. The number of carbonyl (C=O) groups excluding carboxylic acids is 1. The van der Waals surface area contributed by atoms with Crippen LogP contribution in [0.3, 0.4) is 0 Å². The van der Waals surface area contributed by atoms with Crippen molar-refractivity contribution in [3.8, 4) is 11.5 Å². The van der Waals surface area contributed by atoms with Crippen LogP contribution < -0.4 is 20.5 Å². The van der Waals surface area contributed by atoms with Crippen molar-refractivity contribution in [2.45, 2.75) is 32.2 Å². The number of anilines is 1. The van der Waals surface area contributed by atoms with Crippen molar-refractivity contribution in [3.63, 3.8) is 0 Å². The minimum Gasteiger partial charge on any atom is -0.493 e. The summed E-state index contributed by atoms with van der Waals surface area (Å²) < 4.78 is 10.3. The van der Waals surface area contributed by atoms with Crippen LogP contribution >= 0.6 is 0 Å². The van der Waals surface area contributed by atoms with Gasteiger partial charge in [0.2, 0.25) is 0 Å². The predicted molar refractivity (Wildman–Crippen MR) is 81.8 cm³/mol. The summed E-state index contributed by atoms with van der Waals surface area (Å²) >= 11 is 0. The van der Waals surface area contributed by atoms with E-state index >= 15 is 0 Å². The molecule has 0 saturated carbocycles. The van der Waals surface area contributed by atoms with Crippen LogP contribution in [0.25, 0.3) is 0 Å². The molecule has 1 unspecified atom stereocenters. The van der Waals surface area contributed by atoms with Gasteiger partial charge in [-0.3, -0.25) is 4.79 Å². The monoisotopic (exact) mass is 296 g/mol. The number of carbonyl (C=O) groups is 1. The highest BCUT2D eigenvalue weighted by Gasteiger charge is 2.25. The molecule has 0 aliphatic rings. The molecule has 0 saturated heterocycles. The van der Waals surface area contributed by atoms with Gasteiger partial charge in [0.05, 0.1) is 19.8 Å². The summed E-state index contributed by atoms with van der Waals surface area (Å²) in [5, 5.41) is 12.0. The molecular weight excluding hydrogens is 272 g/mol. The van der Waals surface area contributed by atoms with Crippen molar-refractivity contribution in [2.24, 2.45) is 0 Å². The maximum atomic E-state index is 12.4. The highest BCUT2D eigenvalue weighted by Crippen LogP contribution is 2.32. The third-order valence-corrected chi connectivity index (χ3v) is 3.66. The lowest BCUT2D eigenvalue weighted by molar-refractivity contribution is 0.0886. The second-order valence-corrected chi connectivity index (χ2v) is 5.14. The maximum Gasteiger partial charge on any atom is 0.253 e. The van der Waals surface area contributed by atoms with Gasteiger partial charge in [0.15, 0.2) is 11.5 Å². The number of nitrogen functional groups attached to an aromatic ring is 1. The molecule has 0 fully saturated rings. The first kappa shape index (κ1) is 17.1. The first-order chi connectivity index (χ1) is 9.90. The van der Waals surface area contributed by atoms with Crippen molar-refractivity contribution in [2.75, 3.05) is 26.6 Å². The van der Waals surface area contributed by atoms with Crippen molar-refractivity contribution in [3.05, 3.63) is 17.7 Å². The molecular formula is C15H24N2O4. The molecule has 0 bridgehead atoms. The Morgan fingerprint density at radius 1 is 1.33 bits per heavy atom. The van der Waals surface area contributed by atoms with E-state index in [2.05, 4.69) is 5.32 Å². The van der Waals surface area contributed by atoms with Gasteiger partial charge < -0.3 is 25.6 Å². The Balaban J connectivity index is 3.07. The maximum absolute atomic E-state index is 12.4. The molecule has 1 amide bonds. The SMILES string of the molecule is CCC(C)(CCO)NC(=O)c1cc(OC)c(OC)cc1N. The van der Waals surface area contributed by atoms with Gasteiger partial charge in [-0.1, -0.05) is 6.92 Å². The van der Waals surface area contributed by atoms with E-state index in [0.717, 1.165) is 0 Å². The van der Waals surface area contributed by atoms with Gasteiger partial charge >= 0.3 is 0 Å². The van der Waals surface area contributed by atoms with E-state index in [1.54, 1.807) is 12.1 Å². The van der Waals surface area contributed by atoms with Gasteiger partial charge in [-0.15, -0.1) is 0 Å². The van der Waals surface area contributed by atoms with Crippen LogP contribution in [0.5, 0.6) is 11.5 Å². The average molecular weight is 296 g/mol. The van der Waals surface area contributed by atoms with E-state index in [0.29, 0.717) is 35.6 Å². The average Bonchev–Trinajstić information content (AvgIpc) is 2.46. The predicted octanol–water partition coefficient (Wildman–Crippen LogP) is 1.57. The van der Waals surface area contributed by atoms with Crippen molar-refractivity contribution in [1.82, 2.24) is 5.32 Å². The number of hydrogen-bond acceptors (Lipinski definition) is 5. The van der Waals surface area contributed by atoms with Crippen LogP contribution in [0.4, 0.5) is 5.69 Å². The number of nitrogens with two attached hydrogens (primary N) is 1. The lowest BCUT2D eigenvalue weighted by Crippen LogP contribution is -2.46. The first-order valence-electron chi connectivity index (χ1n) is 6.85. The van der Waals surface area contributed by atoms with Crippen LogP contribution in [0.1, 0.15) is 37.0 Å². The van der Waals surface area contributed by atoms with Crippen LogP contribution in [0.2, 0.25) is 0 Å². The summed E-state index contributed by atoms with van der Waals surface area (Å²) in [6.07, 6.45) is 1.18. The molecule has 1 rings (SSSR count). The molecule has 6 heteroatoms. The van der Waals surface area contributed by atoms with Gasteiger partial charge in [-0.05, 0) is 25.8 Å². The molecule has 0 aromatic heterocycles. The molecule has 4 N–H and O–H groups in total. The van der Waals surface area contributed by atoms with Crippen LogP contribution in [0, 0.1) is 0 Å². The fourth-order valence-electron chi connectivity index (χ4n) is 2.01. The summed E-state index contributed by atoms with van der Waals surface area (Å²) in [4.78, 5) is 12.4. The highest BCUT2D eigenvalue weighted by atomic mass is 16.5. The van der Waals surface area contributed by atoms with Crippen molar-refractivity contribution < 1.29 is 19.4 Å². The lowest BCUT2D eigenvalue weighted by Gasteiger charge is -2.29. The molecule has 6 nitrogen and oxygen atoms in total. The number of aliphatic hydroxyl groups excluding tert-OH is 1. The third-order valence-electron chi connectivity index (χ3n) is 3.66. The van der Waals surface area contributed by atoms with Gasteiger partial charge in [0.1, 0.15) is 0 Å². The van der Waals surface area contributed by atoms with Gasteiger partial charge in [-0.25, -0.2) is 0 Å². The highest BCUT2D eigenvalue weighted by molar-refractivity contribution is 6.00. The number of aliphatic hydroxyl groups is 1. The first-order valence-corrected chi connectivity index (χ1v) is 6.85. The molecule has 118 valence electrons. The molecule has 0 radical (unpaired) electrons. The Morgan fingerprint density at radius 3 is 2.38 bits per heavy atom. The minimum absolute atomic E-state index is 0.00599. The smallest absolute Gasteiger partial charge is 0.253 e. The fraction of sp³-hybridized carbons (Fsp3) is 0.533. The number of rotatable bonds is 7. The summed E-state index contributed by atoms with van der Waals surface area (Å²) in [5.41, 5.74) is 6.07. The van der Waals surface area contributed by atoms with Crippen LogP contribution in [0.15, 0.2) is 12.1 Å². The Bertz CT molecular complexity index is 505. The van der Waals surface area contributed by atoms with E-state index in [9.17, 15) is 4.79 Å². The van der Waals surface area contributed by atoms with E-state index in [4.69, 9.17) is 20.3 Å². The van der Waals surface area contributed by atoms with E-state index in [-0.39, 0.29) is 12.5 Å². The van der Waals surface area contributed by atoms with Gasteiger partial charge in [-0.2, -0.15) is 0 Å². The van der Waals surface area contributed by atoms with Crippen molar-refractivity contribution in [1.29, 1.82) is 0 Å². The van der Waals surface area contributed by atoms with Gasteiger partial charge in [0.25, 0.3) is 5.91 Å². The standard InChI is InChI=1S/C15H24N2O4/c1-5-15(2,6-7-18)17-14(19)10-8-12(20-3)13(21-4)9-11(10)16/h8-9,18H,5-7,16H2,1-4H3,(H,17,19). The summed E-state index contributed by atoms with van der Waals surface area (Å²) in [6, 6.07) is 3.11. The van der Waals surface area contributed by atoms with Gasteiger partial charge in [0, 0.05) is 23.9 Å². The number of benzene rings is 1. The zero-order chi connectivity index (χ0) is 16.0. The molecule has 0 heterocycles. The van der Waals surface area contributed by atoms with E-state index in [1.807, 2.05) is 13.8 Å². The topological polar surface area (TPSA) is 93.8 Å². The number of amides is 1. The Hall–Kier alpha value is -1.95. The summed E-state index contributed by atoms with van der Waals surface area (Å²) in [7, 11) is 3.00.